The molecule has 144 valence electrons. The second kappa shape index (κ2) is 9.83. The molecule has 0 saturated heterocycles. The van der Waals surface area contributed by atoms with Crippen molar-refractivity contribution in [3.05, 3.63) is 65.0 Å². The predicted octanol–water partition coefficient (Wildman–Crippen LogP) is 2.04. The van der Waals surface area contributed by atoms with E-state index in [-0.39, 0.29) is 23.9 Å². The van der Waals surface area contributed by atoms with Crippen molar-refractivity contribution in [1.82, 2.24) is 5.43 Å². The van der Waals surface area contributed by atoms with E-state index in [1.54, 1.807) is 31.2 Å². The van der Waals surface area contributed by atoms with E-state index in [2.05, 4.69) is 24.4 Å². The molecule has 0 spiro atoms. The first-order valence-corrected chi connectivity index (χ1v) is 9.16. The van der Waals surface area contributed by atoms with Crippen LogP contribution in [0.2, 0.25) is 0 Å². The number of hydrogen-bond donors (Lipinski definition) is 3. The van der Waals surface area contributed by atoms with E-state index in [4.69, 9.17) is 0 Å². The number of carbonyl (C=O) groups is 1. The molecule has 0 atom stereocenters. The van der Waals surface area contributed by atoms with Crippen molar-refractivity contribution in [2.45, 2.75) is 33.7 Å². The molecule has 5 nitrogen and oxygen atoms in total. The fourth-order valence-corrected chi connectivity index (χ4v) is 2.76. The molecule has 2 rings (SSSR count). The Morgan fingerprint density at radius 3 is 2.44 bits per heavy atom. The number of carbonyl (C=O) groups excluding carboxylic acids is 1. The Kier molecular flexibility index (Phi) is 7.49. The zero-order valence-electron chi connectivity index (χ0n) is 16.1. The highest BCUT2D eigenvalue weighted by atomic mass is 19.1. The van der Waals surface area contributed by atoms with Crippen LogP contribution in [0.25, 0.3) is 0 Å². The number of amides is 1. The summed E-state index contributed by atoms with van der Waals surface area (Å²) in [6, 6.07) is 11.2. The van der Waals surface area contributed by atoms with Crippen molar-refractivity contribution in [2.24, 2.45) is 5.10 Å². The van der Waals surface area contributed by atoms with Crippen molar-refractivity contribution in [2.75, 3.05) is 13.1 Å². The van der Waals surface area contributed by atoms with E-state index in [0.29, 0.717) is 5.71 Å². The lowest BCUT2D eigenvalue weighted by atomic mass is 10.1. The Hall–Kier alpha value is -2.73. The summed E-state index contributed by atoms with van der Waals surface area (Å²) in [6.45, 7) is 8.72. The van der Waals surface area contributed by atoms with Gasteiger partial charge in [0.05, 0.1) is 25.2 Å². The van der Waals surface area contributed by atoms with E-state index >= 15 is 0 Å². The summed E-state index contributed by atoms with van der Waals surface area (Å²) in [7, 11) is 0. The molecule has 0 heterocycles. The summed E-state index contributed by atoms with van der Waals surface area (Å²) in [6.07, 6.45) is 0.128. The van der Waals surface area contributed by atoms with Gasteiger partial charge in [0.25, 0.3) is 0 Å². The molecule has 0 bridgehead atoms. The highest BCUT2D eigenvalue weighted by molar-refractivity contribution is 5.99. The van der Waals surface area contributed by atoms with Gasteiger partial charge in [-0.15, -0.1) is 0 Å². The molecular formula is C21H27FN3O2+. The van der Waals surface area contributed by atoms with E-state index in [9.17, 15) is 14.3 Å². The first-order valence-electron chi connectivity index (χ1n) is 9.16. The molecule has 2 aromatic rings. The SMILES string of the molecule is CC[NH+](CC)Cc1cc(/C(C)=N/NC(=O)Cc2ccc(F)cc2)ccc1O. The van der Waals surface area contributed by atoms with Crippen molar-refractivity contribution in [3.63, 3.8) is 0 Å². The summed E-state index contributed by atoms with van der Waals surface area (Å²) >= 11 is 0. The van der Waals surface area contributed by atoms with Crippen LogP contribution in [-0.4, -0.2) is 29.8 Å². The molecule has 27 heavy (non-hydrogen) atoms. The number of halogens is 1. The van der Waals surface area contributed by atoms with Crippen molar-refractivity contribution in [3.8, 4) is 5.75 Å². The molecule has 0 radical (unpaired) electrons. The maximum absolute atomic E-state index is 12.9. The number of hydrogen-bond acceptors (Lipinski definition) is 3. The topological polar surface area (TPSA) is 66.1 Å². The van der Waals surface area contributed by atoms with Crippen LogP contribution in [0.5, 0.6) is 5.75 Å². The van der Waals surface area contributed by atoms with E-state index in [1.165, 1.54) is 17.0 Å². The summed E-state index contributed by atoms with van der Waals surface area (Å²) in [5.41, 5.74) is 5.60. The highest BCUT2D eigenvalue weighted by Crippen LogP contribution is 2.18. The van der Waals surface area contributed by atoms with Gasteiger partial charge in [-0.25, -0.2) is 9.82 Å². The predicted molar refractivity (Wildman–Crippen MR) is 104 cm³/mol. The zero-order valence-corrected chi connectivity index (χ0v) is 16.1. The van der Waals surface area contributed by atoms with Gasteiger partial charge in [0.1, 0.15) is 18.1 Å². The quantitative estimate of drug-likeness (QED) is 0.490. The number of quaternary nitrogens is 1. The molecule has 0 fully saturated rings. The molecule has 0 saturated carbocycles. The Bertz CT molecular complexity index is 800. The van der Waals surface area contributed by atoms with Gasteiger partial charge in [0.15, 0.2) is 0 Å². The zero-order chi connectivity index (χ0) is 19.8. The maximum atomic E-state index is 12.9. The van der Waals surface area contributed by atoms with Crippen LogP contribution in [0.3, 0.4) is 0 Å². The summed E-state index contributed by atoms with van der Waals surface area (Å²) in [5.74, 6) is -0.332. The van der Waals surface area contributed by atoms with Crippen LogP contribution in [-0.2, 0) is 17.8 Å². The van der Waals surface area contributed by atoms with Gasteiger partial charge in [0, 0.05) is 5.56 Å². The first-order chi connectivity index (χ1) is 12.9. The van der Waals surface area contributed by atoms with Crippen molar-refractivity contribution < 1.29 is 19.2 Å². The third-order valence-corrected chi connectivity index (χ3v) is 4.56. The highest BCUT2D eigenvalue weighted by Gasteiger charge is 2.11. The monoisotopic (exact) mass is 372 g/mol. The fraction of sp³-hybridized carbons (Fsp3) is 0.333. The molecule has 0 unspecified atom stereocenters. The van der Waals surface area contributed by atoms with Crippen molar-refractivity contribution >= 4 is 11.6 Å². The molecular weight excluding hydrogens is 345 g/mol. The number of aromatic hydroxyl groups is 1. The lowest BCUT2D eigenvalue weighted by molar-refractivity contribution is -0.910. The van der Waals surface area contributed by atoms with Gasteiger partial charge in [-0.1, -0.05) is 12.1 Å². The van der Waals surface area contributed by atoms with Crippen LogP contribution in [0.15, 0.2) is 47.6 Å². The third-order valence-electron chi connectivity index (χ3n) is 4.56. The number of nitrogens with one attached hydrogen (secondary N) is 2. The normalized spacial score (nSPS) is 11.7. The fourth-order valence-electron chi connectivity index (χ4n) is 2.76. The second-order valence-electron chi connectivity index (χ2n) is 6.51. The number of hydrazone groups is 1. The van der Waals surface area contributed by atoms with E-state index < -0.39 is 0 Å². The molecule has 0 aromatic heterocycles. The maximum Gasteiger partial charge on any atom is 0.244 e. The van der Waals surface area contributed by atoms with Crippen LogP contribution in [0.1, 0.15) is 37.5 Å². The van der Waals surface area contributed by atoms with Crippen LogP contribution < -0.4 is 10.3 Å². The van der Waals surface area contributed by atoms with Gasteiger partial charge >= 0.3 is 0 Å². The Labute approximate surface area is 159 Å². The lowest BCUT2D eigenvalue weighted by Gasteiger charge is -2.16. The van der Waals surface area contributed by atoms with Crippen LogP contribution in [0, 0.1) is 5.82 Å². The van der Waals surface area contributed by atoms with Gasteiger partial charge in [-0.05, 0) is 62.2 Å². The minimum absolute atomic E-state index is 0.128. The Morgan fingerprint density at radius 2 is 1.81 bits per heavy atom. The Morgan fingerprint density at radius 1 is 1.15 bits per heavy atom. The molecule has 6 heteroatoms. The molecule has 2 aromatic carbocycles. The average molecular weight is 372 g/mol. The van der Waals surface area contributed by atoms with Gasteiger partial charge in [-0.2, -0.15) is 5.10 Å². The molecule has 3 N–H and O–H groups in total. The number of nitrogens with zero attached hydrogens (tertiary/aromatic N) is 1. The van der Waals surface area contributed by atoms with E-state index in [0.717, 1.165) is 36.3 Å². The first kappa shape index (κ1) is 20.6. The summed E-state index contributed by atoms with van der Waals surface area (Å²) in [4.78, 5) is 13.4. The molecule has 0 aliphatic heterocycles. The third kappa shape index (κ3) is 6.18. The standard InChI is InChI=1S/C21H26FN3O2/c1-4-25(5-2)14-18-13-17(8-11-20(18)26)15(3)23-24-21(27)12-16-6-9-19(22)10-7-16/h6-11,13,26H,4-5,12,14H2,1-3H3,(H,24,27)/p+1/b23-15+. The molecule has 0 aliphatic rings. The van der Waals surface area contributed by atoms with Gasteiger partial charge in [0.2, 0.25) is 5.91 Å². The Balaban J connectivity index is 2.04. The van der Waals surface area contributed by atoms with Gasteiger partial charge < -0.3 is 10.0 Å². The molecule has 0 aliphatic carbocycles. The summed E-state index contributed by atoms with van der Waals surface area (Å²) < 4.78 is 12.9. The van der Waals surface area contributed by atoms with Crippen LogP contribution >= 0.6 is 0 Å². The largest absolute Gasteiger partial charge is 0.507 e. The van der Waals surface area contributed by atoms with Gasteiger partial charge in [-0.3, -0.25) is 4.79 Å². The second-order valence-corrected chi connectivity index (χ2v) is 6.51. The number of benzene rings is 2. The number of phenols is 1. The lowest BCUT2D eigenvalue weighted by Crippen LogP contribution is -3.10. The number of rotatable bonds is 8. The smallest absolute Gasteiger partial charge is 0.244 e. The minimum atomic E-state index is -0.331. The summed E-state index contributed by atoms with van der Waals surface area (Å²) in [5, 5.41) is 14.3. The van der Waals surface area contributed by atoms with E-state index in [1.807, 2.05) is 6.07 Å². The van der Waals surface area contributed by atoms with Crippen LogP contribution in [0.4, 0.5) is 4.39 Å². The minimum Gasteiger partial charge on any atom is -0.507 e. The average Bonchev–Trinajstić information content (AvgIpc) is 2.67. The number of phenolic OH excluding ortho intramolecular Hbond substituents is 1. The molecule has 1 amide bonds. The van der Waals surface area contributed by atoms with Crippen molar-refractivity contribution in [1.29, 1.82) is 0 Å².